The van der Waals surface area contributed by atoms with E-state index in [-0.39, 0.29) is 11.8 Å². The quantitative estimate of drug-likeness (QED) is 0.612. The van der Waals surface area contributed by atoms with E-state index in [0.29, 0.717) is 17.9 Å². The van der Waals surface area contributed by atoms with Crippen molar-refractivity contribution >= 4 is 16.9 Å². The smallest absolute Gasteiger partial charge is 0.338 e. The minimum atomic E-state index is -0.359. The Hall–Kier alpha value is -2.75. The van der Waals surface area contributed by atoms with Gasteiger partial charge in [-0.25, -0.2) is 14.2 Å². The highest BCUT2D eigenvalue weighted by Crippen LogP contribution is 2.28. The number of benzene rings is 2. The van der Waals surface area contributed by atoms with Crippen LogP contribution in [0.1, 0.15) is 34.8 Å². The molecule has 3 nitrogen and oxygen atoms in total. The highest BCUT2D eigenvalue weighted by atomic mass is 19.1. The Labute approximate surface area is 146 Å². The van der Waals surface area contributed by atoms with Crippen LogP contribution in [-0.2, 0) is 4.74 Å². The van der Waals surface area contributed by atoms with Gasteiger partial charge in [0, 0.05) is 10.9 Å². The molecule has 1 aromatic heterocycles. The number of nitrogens with zero attached hydrogens (tertiary/aromatic N) is 1. The van der Waals surface area contributed by atoms with Crippen molar-refractivity contribution in [2.75, 3.05) is 6.61 Å². The van der Waals surface area contributed by atoms with Crippen LogP contribution in [0.2, 0.25) is 0 Å². The zero-order chi connectivity index (χ0) is 18.0. The second kappa shape index (κ2) is 7.01. The fraction of sp³-hybridized carbons (Fsp3) is 0.238. The lowest BCUT2D eigenvalue weighted by molar-refractivity contribution is 0.0507. The Bertz CT molecular complexity index is 933. The second-order valence-electron chi connectivity index (χ2n) is 6.18. The first-order valence-corrected chi connectivity index (χ1v) is 8.34. The number of fused-ring (bicyclic) bond motifs is 1. The maximum Gasteiger partial charge on any atom is 0.338 e. The summed E-state index contributed by atoms with van der Waals surface area (Å²) in [5.41, 5.74) is 4.69. The predicted octanol–water partition coefficient (Wildman–Crippen LogP) is 5.22. The maximum absolute atomic E-state index is 13.2. The molecular weight excluding hydrogens is 317 g/mol. The molecule has 0 spiro atoms. The van der Waals surface area contributed by atoms with E-state index in [1.54, 1.807) is 18.2 Å². The Morgan fingerprint density at radius 1 is 1.12 bits per heavy atom. The van der Waals surface area contributed by atoms with Gasteiger partial charge in [0.25, 0.3) is 0 Å². The number of rotatable bonds is 4. The van der Waals surface area contributed by atoms with Gasteiger partial charge in [0.15, 0.2) is 0 Å². The third kappa shape index (κ3) is 3.53. The van der Waals surface area contributed by atoms with Crippen molar-refractivity contribution < 1.29 is 13.9 Å². The Kier molecular flexibility index (Phi) is 4.79. The number of esters is 1. The van der Waals surface area contributed by atoms with E-state index in [1.807, 2.05) is 32.9 Å². The lowest BCUT2D eigenvalue weighted by Gasteiger charge is -2.12. The summed E-state index contributed by atoms with van der Waals surface area (Å²) in [5, 5.41) is 0.782. The van der Waals surface area contributed by atoms with Crippen LogP contribution in [0.5, 0.6) is 0 Å². The molecule has 0 aliphatic heterocycles. The van der Waals surface area contributed by atoms with Crippen LogP contribution in [-0.4, -0.2) is 17.6 Å². The number of pyridine rings is 1. The van der Waals surface area contributed by atoms with Crippen molar-refractivity contribution in [3.8, 4) is 11.3 Å². The average molecular weight is 337 g/mol. The molecule has 4 heteroatoms. The van der Waals surface area contributed by atoms with Gasteiger partial charge in [-0.2, -0.15) is 0 Å². The predicted molar refractivity (Wildman–Crippen MR) is 97.2 cm³/mol. The van der Waals surface area contributed by atoms with Crippen molar-refractivity contribution in [2.24, 2.45) is 0 Å². The zero-order valence-electron chi connectivity index (χ0n) is 14.6. The molecule has 0 saturated heterocycles. The monoisotopic (exact) mass is 337 g/mol. The largest absolute Gasteiger partial charge is 0.462 e. The van der Waals surface area contributed by atoms with Crippen LogP contribution >= 0.6 is 0 Å². The Morgan fingerprint density at radius 3 is 2.52 bits per heavy atom. The molecule has 0 amide bonds. The van der Waals surface area contributed by atoms with Crippen LogP contribution in [0, 0.1) is 19.7 Å². The third-order valence-corrected chi connectivity index (χ3v) is 4.05. The van der Waals surface area contributed by atoms with Crippen LogP contribution in [0.15, 0.2) is 42.5 Å². The SMILES string of the molecule is CCCOC(=O)c1cc(-c2ccc(F)cc2)nc2c(C)cc(C)cc12. The van der Waals surface area contributed by atoms with Gasteiger partial charge < -0.3 is 4.74 Å². The van der Waals surface area contributed by atoms with E-state index >= 15 is 0 Å². The maximum atomic E-state index is 13.2. The van der Waals surface area contributed by atoms with Crippen LogP contribution < -0.4 is 0 Å². The first kappa shape index (κ1) is 17.1. The summed E-state index contributed by atoms with van der Waals surface area (Å²) >= 11 is 0. The van der Waals surface area contributed by atoms with Gasteiger partial charge in [-0.05, 0) is 62.2 Å². The summed E-state index contributed by atoms with van der Waals surface area (Å²) in [5.74, 6) is -0.665. The van der Waals surface area contributed by atoms with E-state index in [2.05, 4.69) is 0 Å². The number of aryl methyl sites for hydroxylation is 2. The lowest BCUT2D eigenvalue weighted by atomic mass is 10.00. The summed E-state index contributed by atoms with van der Waals surface area (Å²) in [4.78, 5) is 17.3. The summed E-state index contributed by atoms with van der Waals surface area (Å²) in [7, 11) is 0. The molecule has 0 aliphatic rings. The van der Waals surface area contributed by atoms with Gasteiger partial charge in [0.05, 0.1) is 23.4 Å². The number of carbonyl (C=O) groups excluding carboxylic acids is 1. The van der Waals surface area contributed by atoms with Crippen molar-refractivity contribution in [2.45, 2.75) is 27.2 Å². The molecule has 0 saturated carbocycles. The van der Waals surface area contributed by atoms with Crippen molar-refractivity contribution in [1.29, 1.82) is 0 Å². The Morgan fingerprint density at radius 2 is 1.84 bits per heavy atom. The minimum Gasteiger partial charge on any atom is -0.462 e. The number of ether oxygens (including phenoxy) is 1. The van der Waals surface area contributed by atoms with Gasteiger partial charge in [0.1, 0.15) is 5.82 Å². The molecule has 3 rings (SSSR count). The number of carbonyl (C=O) groups is 1. The molecule has 25 heavy (non-hydrogen) atoms. The standard InChI is InChI=1S/C21H20FNO2/c1-4-9-25-21(24)18-12-19(15-5-7-16(22)8-6-15)23-20-14(3)10-13(2)11-17(18)20/h5-8,10-12H,4,9H2,1-3H3. The fourth-order valence-electron chi connectivity index (χ4n) is 2.89. The third-order valence-electron chi connectivity index (χ3n) is 4.05. The highest BCUT2D eigenvalue weighted by Gasteiger charge is 2.16. The minimum absolute atomic E-state index is 0.307. The molecule has 3 aromatic rings. The summed E-state index contributed by atoms with van der Waals surface area (Å²) in [6, 6.07) is 11.8. The van der Waals surface area contributed by atoms with E-state index in [9.17, 15) is 9.18 Å². The second-order valence-corrected chi connectivity index (χ2v) is 6.18. The molecular formula is C21H20FNO2. The number of hydrogen-bond acceptors (Lipinski definition) is 3. The van der Waals surface area contributed by atoms with Crippen LogP contribution in [0.4, 0.5) is 4.39 Å². The fourth-order valence-corrected chi connectivity index (χ4v) is 2.89. The highest BCUT2D eigenvalue weighted by molar-refractivity contribution is 6.05. The van der Waals surface area contributed by atoms with Crippen LogP contribution in [0.3, 0.4) is 0 Å². The van der Waals surface area contributed by atoms with Gasteiger partial charge in [-0.1, -0.05) is 18.6 Å². The van der Waals surface area contributed by atoms with Gasteiger partial charge >= 0.3 is 5.97 Å². The van der Waals surface area contributed by atoms with Gasteiger partial charge in [-0.15, -0.1) is 0 Å². The van der Waals surface area contributed by atoms with E-state index in [1.165, 1.54) is 12.1 Å². The van der Waals surface area contributed by atoms with Crippen LogP contribution in [0.25, 0.3) is 22.2 Å². The number of aromatic nitrogens is 1. The normalized spacial score (nSPS) is 10.9. The molecule has 1 heterocycles. The van der Waals surface area contributed by atoms with Crippen molar-refractivity contribution in [1.82, 2.24) is 4.98 Å². The molecule has 0 aliphatic carbocycles. The van der Waals surface area contributed by atoms with E-state index < -0.39 is 0 Å². The average Bonchev–Trinajstić information content (AvgIpc) is 2.59. The molecule has 2 aromatic carbocycles. The zero-order valence-corrected chi connectivity index (χ0v) is 14.6. The first-order chi connectivity index (χ1) is 12.0. The summed E-state index contributed by atoms with van der Waals surface area (Å²) < 4.78 is 18.6. The number of hydrogen-bond donors (Lipinski definition) is 0. The first-order valence-electron chi connectivity index (χ1n) is 8.34. The molecule has 0 bridgehead atoms. The lowest BCUT2D eigenvalue weighted by Crippen LogP contribution is -2.08. The molecule has 0 N–H and O–H groups in total. The molecule has 0 radical (unpaired) electrons. The summed E-state index contributed by atoms with van der Waals surface area (Å²) in [6.07, 6.45) is 0.762. The van der Waals surface area contributed by atoms with Crippen molar-refractivity contribution in [3.63, 3.8) is 0 Å². The van der Waals surface area contributed by atoms with Crippen molar-refractivity contribution in [3.05, 3.63) is 65.0 Å². The Balaban J connectivity index is 2.23. The summed E-state index contributed by atoms with van der Waals surface area (Å²) in [6.45, 7) is 6.29. The molecule has 0 atom stereocenters. The molecule has 128 valence electrons. The molecule has 0 fully saturated rings. The number of halogens is 1. The van der Waals surface area contributed by atoms with E-state index in [0.717, 1.165) is 34.0 Å². The van der Waals surface area contributed by atoms with Gasteiger partial charge in [0.2, 0.25) is 0 Å². The topological polar surface area (TPSA) is 39.2 Å². The van der Waals surface area contributed by atoms with Gasteiger partial charge in [-0.3, -0.25) is 0 Å². The molecule has 0 unspecified atom stereocenters. The van der Waals surface area contributed by atoms with E-state index in [4.69, 9.17) is 9.72 Å².